The molecule has 6 aromatic rings. The first-order valence-electron chi connectivity index (χ1n) is 17.6. The number of para-hydroxylation sites is 1. The van der Waals surface area contributed by atoms with Gasteiger partial charge in [0.1, 0.15) is 23.0 Å². The Kier molecular flexibility index (Phi) is 6.05. The largest absolute Gasteiger partial charge is 0.469 e. The van der Waals surface area contributed by atoms with E-state index in [0.717, 1.165) is 50.0 Å². The third-order valence-electron chi connectivity index (χ3n) is 11.2. The highest BCUT2D eigenvalue weighted by molar-refractivity contribution is 6.07. The second kappa shape index (κ2) is 10.2. The molecule has 7 heterocycles. The topological polar surface area (TPSA) is 135 Å². The van der Waals surface area contributed by atoms with E-state index < -0.39 is 29.0 Å². The van der Waals surface area contributed by atoms with Crippen LogP contribution in [0.25, 0.3) is 44.9 Å². The van der Waals surface area contributed by atoms with Crippen LogP contribution in [0, 0.1) is 17.3 Å². The first kappa shape index (κ1) is 30.2. The van der Waals surface area contributed by atoms with E-state index in [2.05, 4.69) is 58.1 Å². The molecule has 1 amide bonds. The van der Waals surface area contributed by atoms with E-state index in [4.69, 9.17) is 23.5 Å². The van der Waals surface area contributed by atoms with E-state index in [1.165, 1.54) is 0 Å². The van der Waals surface area contributed by atoms with Gasteiger partial charge in [0.25, 0.3) is 0 Å². The summed E-state index contributed by atoms with van der Waals surface area (Å²) >= 11 is 0. The van der Waals surface area contributed by atoms with Crippen LogP contribution in [-0.2, 0) is 21.4 Å². The Morgan fingerprint density at radius 3 is 2.65 bits per heavy atom. The molecule has 0 radical (unpaired) electrons. The van der Waals surface area contributed by atoms with E-state index in [-0.39, 0.29) is 24.0 Å². The van der Waals surface area contributed by atoms with Gasteiger partial charge in [-0.25, -0.2) is 9.97 Å². The number of anilines is 1. The maximum absolute atomic E-state index is 14.2. The molecule has 256 valence electrons. The number of rotatable bonds is 3. The number of Topliss-reactive ketones (excluding diaryl/α,β-unsaturated/α-hetero) is 1. The van der Waals surface area contributed by atoms with Crippen LogP contribution in [0.5, 0.6) is 5.75 Å². The highest BCUT2D eigenvalue weighted by Crippen LogP contribution is 2.61. The van der Waals surface area contributed by atoms with E-state index in [1.807, 2.05) is 52.9 Å². The number of carbonyl (C=O) groups excluding carboxylic acids is 2. The molecule has 10 nitrogen and oxygen atoms in total. The van der Waals surface area contributed by atoms with Crippen LogP contribution in [0.2, 0.25) is 0 Å². The third-order valence-corrected chi connectivity index (χ3v) is 11.2. The minimum Gasteiger partial charge on any atom is -0.469 e. The molecule has 4 aliphatic rings. The Labute approximate surface area is 294 Å². The molecule has 1 spiro atoms. The Morgan fingerprint density at radius 1 is 1.00 bits per heavy atom. The molecule has 10 heteroatoms. The summed E-state index contributed by atoms with van der Waals surface area (Å²) in [6, 6.07) is 18.1. The van der Waals surface area contributed by atoms with Crippen molar-refractivity contribution in [3.05, 3.63) is 95.3 Å². The number of hydrogen-bond donors (Lipinski definition) is 3. The highest BCUT2D eigenvalue weighted by atomic mass is 16.5. The fraction of sp³-hybridized carbons (Fsp3) is 0.317. The number of hydrogen-bond acceptors (Lipinski definition) is 8. The van der Waals surface area contributed by atoms with Crippen molar-refractivity contribution in [1.82, 2.24) is 20.3 Å². The van der Waals surface area contributed by atoms with Crippen LogP contribution >= 0.6 is 0 Å². The summed E-state index contributed by atoms with van der Waals surface area (Å²) < 4.78 is 20.5. The molecule has 10 bridgehead atoms. The van der Waals surface area contributed by atoms with E-state index in [0.29, 0.717) is 41.2 Å². The van der Waals surface area contributed by atoms with Crippen molar-refractivity contribution in [2.75, 3.05) is 5.32 Å². The van der Waals surface area contributed by atoms with Gasteiger partial charge in [-0.2, -0.15) is 0 Å². The fourth-order valence-corrected chi connectivity index (χ4v) is 8.50. The molecule has 51 heavy (non-hydrogen) atoms. The number of fused-ring (bicyclic) bond motifs is 7. The second-order valence-electron chi connectivity index (χ2n) is 15.7. The van der Waals surface area contributed by atoms with Gasteiger partial charge in [0, 0.05) is 62.8 Å². The Bertz CT molecular complexity index is 2460. The zero-order valence-electron chi connectivity index (χ0n) is 29.0. The highest BCUT2D eigenvalue weighted by Gasteiger charge is 2.61. The summed E-state index contributed by atoms with van der Waals surface area (Å²) in [4.78, 5) is 41.1. The lowest BCUT2D eigenvalue weighted by molar-refractivity contribution is -0.133. The first-order chi connectivity index (χ1) is 24.5. The smallest absolute Gasteiger partial charge is 0.249 e. The average molecular weight is 680 g/mol. The number of aromatic nitrogens is 3. The SMILES string of the molecule is CC(C)[C@@H]1NC(=O)[C@@H](CC(=O)C(C)(C)C)Cc2ccc3c(c2)C24c5cccc(c5N[C@H]2O3)-c2cccc3[nH]cc(c23)-c2cnc(o2)-c2nc1oc24. The summed E-state index contributed by atoms with van der Waals surface area (Å²) in [5.74, 6) is 1.60. The van der Waals surface area contributed by atoms with Crippen molar-refractivity contribution in [1.29, 1.82) is 0 Å². The summed E-state index contributed by atoms with van der Waals surface area (Å²) in [6.45, 7) is 9.73. The molecule has 3 aromatic carbocycles. The van der Waals surface area contributed by atoms with Crippen molar-refractivity contribution in [2.45, 2.75) is 65.1 Å². The minimum atomic E-state index is -0.999. The molecule has 3 N–H and O–H groups in total. The lowest BCUT2D eigenvalue weighted by Gasteiger charge is -2.29. The number of oxazole rings is 2. The van der Waals surface area contributed by atoms with Crippen LogP contribution in [0.4, 0.5) is 5.69 Å². The van der Waals surface area contributed by atoms with Crippen LogP contribution < -0.4 is 15.4 Å². The fourth-order valence-electron chi connectivity index (χ4n) is 8.50. The summed E-state index contributed by atoms with van der Waals surface area (Å²) in [6.07, 6.45) is 3.59. The predicted octanol–water partition coefficient (Wildman–Crippen LogP) is 7.93. The number of aromatic amines is 1. The van der Waals surface area contributed by atoms with Crippen molar-refractivity contribution in [2.24, 2.45) is 17.3 Å². The van der Waals surface area contributed by atoms with Gasteiger partial charge in [-0.1, -0.05) is 77.1 Å². The molecular formula is C41H37N5O5. The van der Waals surface area contributed by atoms with Crippen molar-refractivity contribution < 1.29 is 23.2 Å². The average Bonchev–Trinajstić information content (AvgIpc) is 3.91. The quantitative estimate of drug-likeness (QED) is 0.172. The molecule has 0 fully saturated rings. The number of H-pyrrole nitrogens is 1. The predicted molar refractivity (Wildman–Crippen MR) is 191 cm³/mol. The van der Waals surface area contributed by atoms with Gasteiger partial charge in [-0.05, 0) is 35.6 Å². The van der Waals surface area contributed by atoms with Gasteiger partial charge in [-0.3, -0.25) is 9.59 Å². The van der Waals surface area contributed by atoms with E-state index >= 15 is 0 Å². The maximum Gasteiger partial charge on any atom is 0.249 e. The normalized spacial score (nSPS) is 22.5. The van der Waals surface area contributed by atoms with Gasteiger partial charge < -0.3 is 29.2 Å². The Morgan fingerprint density at radius 2 is 1.82 bits per heavy atom. The summed E-state index contributed by atoms with van der Waals surface area (Å²) in [7, 11) is 0. The van der Waals surface area contributed by atoms with Crippen molar-refractivity contribution in [3.8, 4) is 39.8 Å². The number of amides is 1. The molecular weight excluding hydrogens is 642 g/mol. The van der Waals surface area contributed by atoms with Crippen molar-refractivity contribution in [3.63, 3.8) is 0 Å². The molecule has 0 aliphatic carbocycles. The van der Waals surface area contributed by atoms with Gasteiger partial charge in [-0.15, -0.1) is 0 Å². The lowest BCUT2D eigenvalue weighted by atomic mass is 9.72. The van der Waals surface area contributed by atoms with Crippen molar-refractivity contribution >= 4 is 28.3 Å². The second-order valence-corrected chi connectivity index (χ2v) is 15.7. The third kappa shape index (κ3) is 4.10. The molecule has 3 aromatic heterocycles. The number of benzene rings is 3. The van der Waals surface area contributed by atoms with E-state index in [9.17, 15) is 9.59 Å². The zero-order valence-corrected chi connectivity index (χ0v) is 29.0. The number of nitrogens with one attached hydrogen (secondary N) is 3. The van der Waals surface area contributed by atoms with Crippen LogP contribution in [-0.4, -0.2) is 32.9 Å². The zero-order chi connectivity index (χ0) is 35.0. The monoisotopic (exact) mass is 679 g/mol. The van der Waals surface area contributed by atoms with Crippen LogP contribution in [0.3, 0.4) is 0 Å². The van der Waals surface area contributed by atoms with Crippen LogP contribution in [0.1, 0.15) is 75.4 Å². The van der Waals surface area contributed by atoms with Gasteiger partial charge in [0.15, 0.2) is 23.4 Å². The number of ketones is 1. The number of ether oxygens (including phenoxy) is 1. The molecule has 0 saturated carbocycles. The molecule has 0 saturated heterocycles. The molecule has 4 atom stereocenters. The summed E-state index contributed by atoms with van der Waals surface area (Å²) in [5, 5.41) is 8.07. The Balaban J connectivity index is 1.30. The number of carbonyl (C=O) groups is 2. The number of nitrogens with zero attached hydrogens (tertiary/aromatic N) is 2. The Hall–Kier alpha value is -5.64. The summed E-state index contributed by atoms with van der Waals surface area (Å²) in [5.41, 5.74) is 6.53. The van der Waals surface area contributed by atoms with Gasteiger partial charge >= 0.3 is 0 Å². The molecule has 10 rings (SSSR count). The molecule has 4 aliphatic heterocycles. The molecule has 1 unspecified atom stereocenters. The first-order valence-corrected chi connectivity index (χ1v) is 17.6. The van der Waals surface area contributed by atoms with Gasteiger partial charge in [0.05, 0.1) is 6.20 Å². The van der Waals surface area contributed by atoms with E-state index in [1.54, 1.807) is 6.20 Å². The van der Waals surface area contributed by atoms with Gasteiger partial charge in [0.2, 0.25) is 17.7 Å². The minimum absolute atomic E-state index is 0.0319. The van der Waals surface area contributed by atoms with Crippen LogP contribution in [0.15, 0.2) is 75.8 Å². The standard InChI is InChI=1S/C41H37N5O5/c1-19(2)32-38-45-34-35(51-38)41-25-10-6-9-23(22-8-7-11-27-31(22)24(17-42-27)29-18-43-37(34)49-29)33(25)46-39(41)50-28-13-12-20(15-26(28)41)14-21(36(48)44-32)16-30(47)40(3,4)5/h6-13,15,17-19,21,32,39,42,46H,14,16H2,1-5H3,(H,44,48)/t21-,32+,39+,41?/m1/s1. The lowest BCUT2D eigenvalue weighted by Crippen LogP contribution is -2.40. The maximum atomic E-state index is 14.2.